The number of likely N-dealkylation sites (N-methyl/N-ethyl adjacent to an activating group) is 1. The van der Waals surface area contributed by atoms with Gasteiger partial charge in [-0.2, -0.15) is 0 Å². The lowest BCUT2D eigenvalue weighted by Crippen LogP contribution is -2.45. The van der Waals surface area contributed by atoms with E-state index >= 15 is 0 Å². The van der Waals surface area contributed by atoms with E-state index in [-0.39, 0.29) is 12.2 Å². The molecule has 21 heavy (non-hydrogen) atoms. The van der Waals surface area contributed by atoms with Crippen LogP contribution in [0.2, 0.25) is 0 Å². The van der Waals surface area contributed by atoms with Gasteiger partial charge < -0.3 is 5.32 Å². The number of hydrogen-bond donors (Lipinski definition) is 1. The Morgan fingerprint density at radius 3 is 2.81 bits per heavy atom. The van der Waals surface area contributed by atoms with Crippen LogP contribution in [0.4, 0.5) is 5.69 Å². The van der Waals surface area contributed by atoms with Crippen LogP contribution in [0.1, 0.15) is 45.6 Å². The van der Waals surface area contributed by atoms with E-state index in [2.05, 4.69) is 42.0 Å². The van der Waals surface area contributed by atoms with Crippen molar-refractivity contribution in [3.63, 3.8) is 0 Å². The average molecular weight is 287 g/mol. The second-order valence-electron chi connectivity index (χ2n) is 6.49. The number of Topliss-reactive ketones (excluding diaryl/α,β-unsaturated/α-hetero) is 1. The summed E-state index contributed by atoms with van der Waals surface area (Å²) in [5.74, 6) is 1.58. The first kappa shape index (κ1) is 14.5. The van der Waals surface area contributed by atoms with Gasteiger partial charge >= 0.3 is 0 Å². The first-order valence-corrected chi connectivity index (χ1v) is 8.09. The molecular formula is C17H25N3O. The minimum absolute atomic E-state index is 0.0378. The van der Waals surface area contributed by atoms with E-state index in [1.807, 2.05) is 19.3 Å². The van der Waals surface area contributed by atoms with Crippen LogP contribution in [0, 0.1) is 11.8 Å². The van der Waals surface area contributed by atoms with Gasteiger partial charge in [0.2, 0.25) is 0 Å². The van der Waals surface area contributed by atoms with Crippen molar-refractivity contribution < 1.29 is 4.79 Å². The fourth-order valence-electron chi connectivity index (χ4n) is 4.30. The molecular weight excluding hydrogens is 262 g/mol. The number of anilines is 1. The van der Waals surface area contributed by atoms with Crippen molar-refractivity contribution in [2.24, 2.45) is 11.8 Å². The maximum absolute atomic E-state index is 12.6. The molecule has 1 aromatic heterocycles. The molecule has 0 amide bonds. The van der Waals surface area contributed by atoms with Gasteiger partial charge in [-0.25, -0.2) is 0 Å². The number of nitrogens with zero attached hydrogens (tertiary/aromatic N) is 2. The summed E-state index contributed by atoms with van der Waals surface area (Å²) in [4.78, 5) is 19.2. The van der Waals surface area contributed by atoms with E-state index in [1.165, 1.54) is 11.3 Å². The van der Waals surface area contributed by atoms with Crippen molar-refractivity contribution in [3.05, 3.63) is 24.0 Å². The van der Waals surface area contributed by atoms with E-state index in [4.69, 9.17) is 0 Å². The van der Waals surface area contributed by atoms with Crippen LogP contribution in [-0.4, -0.2) is 34.4 Å². The summed E-state index contributed by atoms with van der Waals surface area (Å²) in [6.45, 7) is 9.51. The third-order valence-corrected chi connectivity index (χ3v) is 5.16. The fraction of sp³-hybridized carbons (Fsp3) is 0.647. The first-order chi connectivity index (χ1) is 10.1. The van der Waals surface area contributed by atoms with Gasteiger partial charge in [-0.1, -0.05) is 27.7 Å². The van der Waals surface area contributed by atoms with Crippen molar-refractivity contribution >= 4 is 11.5 Å². The van der Waals surface area contributed by atoms with E-state index in [1.54, 1.807) is 0 Å². The summed E-state index contributed by atoms with van der Waals surface area (Å²) in [5.41, 5.74) is 2.47. The number of likely N-dealkylation sites (tertiary alicyclic amines) is 1. The van der Waals surface area contributed by atoms with Gasteiger partial charge in [0.15, 0.2) is 0 Å². The number of aromatic nitrogens is 1. The molecule has 0 saturated carbocycles. The van der Waals surface area contributed by atoms with Gasteiger partial charge in [0.25, 0.3) is 0 Å². The number of carbonyl (C=O) groups excluding carboxylic acids is 1. The summed E-state index contributed by atoms with van der Waals surface area (Å²) in [6, 6.07) is 2.09. The molecule has 1 aromatic rings. The van der Waals surface area contributed by atoms with Crippen molar-refractivity contribution in [2.45, 2.75) is 52.2 Å². The van der Waals surface area contributed by atoms with E-state index in [9.17, 15) is 4.79 Å². The Morgan fingerprint density at radius 1 is 1.43 bits per heavy atom. The molecule has 4 unspecified atom stereocenters. The van der Waals surface area contributed by atoms with Crippen LogP contribution < -0.4 is 5.32 Å². The summed E-state index contributed by atoms with van der Waals surface area (Å²) >= 11 is 0. The van der Waals surface area contributed by atoms with Crippen LogP contribution in [-0.2, 0) is 4.79 Å². The molecule has 3 heterocycles. The molecule has 0 aromatic carbocycles. The summed E-state index contributed by atoms with van der Waals surface area (Å²) in [6.07, 6.45) is 4.67. The molecule has 1 saturated heterocycles. The predicted octanol–water partition coefficient (Wildman–Crippen LogP) is 2.87. The Balaban J connectivity index is 2.06. The SMILES string of the molecule is CCC(=O)C1C(C(C)C)C2c3cnccc3NC2N1CC. The zero-order valence-electron chi connectivity index (χ0n) is 13.3. The highest BCUT2D eigenvalue weighted by Crippen LogP contribution is 2.51. The molecule has 0 aliphatic carbocycles. The second kappa shape index (κ2) is 5.41. The van der Waals surface area contributed by atoms with Crippen LogP contribution in [0.25, 0.3) is 0 Å². The highest BCUT2D eigenvalue weighted by Gasteiger charge is 2.55. The Bertz CT molecular complexity index is 543. The Labute approximate surface area is 126 Å². The van der Waals surface area contributed by atoms with Crippen LogP contribution >= 0.6 is 0 Å². The van der Waals surface area contributed by atoms with Crippen molar-refractivity contribution in [1.29, 1.82) is 0 Å². The summed E-state index contributed by atoms with van der Waals surface area (Å²) in [5, 5.41) is 3.62. The number of fused-ring (bicyclic) bond motifs is 3. The smallest absolute Gasteiger partial charge is 0.150 e. The number of hydrogen-bond acceptors (Lipinski definition) is 4. The largest absolute Gasteiger partial charge is 0.369 e. The molecule has 3 rings (SSSR count). The standard InChI is InChI=1S/C17H25N3O/c1-5-13(21)16-14(10(3)4)15-11-9-18-8-7-12(11)19-17(15)20(16)6-2/h7-10,14-17,19H,5-6H2,1-4H3. The molecule has 0 radical (unpaired) electrons. The third-order valence-electron chi connectivity index (χ3n) is 5.16. The molecule has 0 spiro atoms. The molecule has 2 aliphatic heterocycles. The zero-order chi connectivity index (χ0) is 15.1. The van der Waals surface area contributed by atoms with Gasteiger partial charge in [-0.3, -0.25) is 14.7 Å². The van der Waals surface area contributed by atoms with Crippen molar-refractivity contribution in [3.8, 4) is 0 Å². The second-order valence-corrected chi connectivity index (χ2v) is 6.49. The first-order valence-electron chi connectivity index (χ1n) is 8.09. The normalized spacial score (nSPS) is 31.1. The highest BCUT2D eigenvalue weighted by atomic mass is 16.1. The Kier molecular flexibility index (Phi) is 3.74. The summed E-state index contributed by atoms with van der Waals surface area (Å²) in [7, 11) is 0. The number of ketones is 1. The van der Waals surface area contributed by atoms with Gasteiger partial charge in [0.1, 0.15) is 5.78 Å². The van der Waals surface area contributed by atoms with Gasteiger partial charge in [-0.05, 0) is 24.4 Å². The van der Waals surface area contributed by atoms with E-state index in [0.717, 1.165) is 6.54 Å². The van der Waals surface area contributed by atoms with Gasteiger partial charge in [0, 0.05) is 36.0 Å². The van der Waals surface area contributed by atoms with Crippen LogP contribution in [0.3, 0.4) is 0 Å². The fourth-order valence-corrected chi connectivity index (χ4v) is 4.30. The maximum atomic E-state index is 12.6. The van der Waals surface area contributed by atoms with Gasteiger partial charge in [-0.15, -0.1) is 0 Å². The molecule has 4 heteroatoms. The monoisotopic (exact) mass is 287 g/mol. The molecule has 2 aliphatic rings. The zero-order valence-corrected chi connectivity index (χ0v) is 13.3. The van der Waals surface area contributed by atoms with Gasteiger partial charge in [0.05, 0.1) is 12.2 Å². The molecule has 0 bridgehead atoms. The van der Waals surface area contributed by atoms with Crippen LogP contribution in [0.15, 0.2) is 18.5 Å². The number of carbonyl (C=O) groups is 1. The molecule has 114 valence electrons. The maximum Gasteiger partial charge on any atom is 0.150 e. The van der Waals surface area contributed by atoms with Crippen molar-refractivity contribution in [2.75, 3.05) is 11.9 Å². The lowest BCUT2D eigenvalue weighted by Gasteiger charge is -2.31. The molecule has 4 nitrogen and oxygen atoms in total. The lowest BCUT2D eigenvalue weighted by molar-refractivity contribution is -0.124. The number of pyridine rings is 1. The van der Waals surface area contributed by atoms with Crippen molar-refractivity contribution in [1.82, 2.24) is 9.88 Å². The van der Waals surface area contributed by atoms with Crippen LogP contribution in [0.5, 0.6) is 0 Å². The lowest BCUT2D eigenvalue weighted by atomic mass is 9.77. The molecule has 1 fully saturated rings. The molecule has 4 atom stereocenters. The number of nitrogens with one attached hydrogen (secondary N) is 1. The minimum atomic E-state index is 0.0378. The summed E-state index contributed by atoms with van der Waals surface area (Å²) < 4.78 is 0. The predicted molar refractivity (Wildman–Crippen MR) is 84.2 cm³/mol. The van der Waals surface area contributed by atoms with E-state index < -0.39 is 0 Å². The quantitative estimate of drug-likeness (QED) is 0.925. The topological polar surface area (TPSA) is 45.2 Å². The average Bonchev–Trinajstić information content (AvgIpc) is 2.99. The highest BCUT2D eigenvalue weighted by molar-refractivity contribution is 5.85. The number of rotatable bonds is 4. The minimum Gasteiger partial charge on any atom is -0.369 e. The Morgan fingerprint density at radius 2 is 2.19 bits per heavy atom. The Hall–Kier alpha value is -1.42. The van der Waals surface area contributed by atoms with E-state index in [0.29, 0.717) is 30.0 Å². The molecule has 1 N–H and O–H groups in total. The third kappa shape index (κ3) is 2.08.